The van der Waals surface area contributed by atoms with E-state index < -0.39 is 0 Å². The summed E-state index contributed by atoms with van der Waals surface area (Å²) in [6, 6.07) is 9.34. The van der Waals surface area contributed by atoms with Gasteiger partial charge in [0.25, 0.3) is 0 Å². The van der Waals surface area contributed by atoms with Gasteiger partial charge >= 0.3 is 0 Å². The molecule has 3 fully saturated rings. The van der Waals surface area contributed by atoms with E-state index in [4.69, 9.17) is 9.47 Å². The molecular formula is C20H32N4O2. The average molecular weight is 361 g/mol. The van der Waals surface area contributed by atoms with Gasteiger partial charge in [0.05, 0.1) is 19.8 Å². The molecule has 0 amide bonds. The molecule has 6 heteroatoms. The van der Waals surface area contributed by atoms with Gasteiger partial charge in [-0.2, -0.15) is 0 Å². The van der Waals surface area contributed by atoms with E-state index in [1.54, 1.807) is 0 Å². The molecule has 6 nitrogen and oxygen atoms in total. The molecule has 0 aromatic heterocycles. The largest absolute Gasteiger partial charge is 0.494 e. The van der Waals surface area contributed by atoms with Gasteiger partial charge < -0.3 is 9.47 Å². The molecular weight excluding hydrogens is 328 g/mol. The molecule has 0 saturated carbocycles. The smallest absolute Gasteiger partial charge is 0.119 e. The van der Waals surface area contributed by atoms with Crippen molar-refractivity contribution in [1.29, 1.82) is 0 Å². The molecule has 0 radical (unpaired) electrons. The number of hydrogen-bond acceptors (Lipinski definition) is 6. The van der Waals surface area contributed by atoms with Crippen molar-refractivity contribution >= 4 is 0 Å². The number of nitrogens with zero attached hydrogens (tertiary/aromatic N) is 2. The second-order valence-electron chi connectivity index (χ2n) is 7.72. The molecule has 0 spiro atoms. The molecule has 144 valence electrons. The maximum absolute atomic E-state index is 5.91. The number of piperidine rings is 1. The van der Waals surface area contributed by atoms with Crippen molar-refractivity contribution in [3.63, 3.8) is 0 Å². The molecule has 1 aromatic rings. The number of ether oxygens (including phenoxy) is 2. The van der Waals surface area contributed by atoms with Crippen molar-refractivity contribution in [2.24, 2.45) is 5.92 Å². The van der Waals surface area contributed by atoms with E-state index in [0.717, 1.165) is 70.6 Å². The van der Waals surface area contributed by atoms with Crippen LogP contribution in [-0.2, 0) is 11.3 Å². The monoisotopic (exact) mass is 360 g/mol. The number of morpholine rings is 1. The third kappa shape index (κ3) is 4.96. The van der Waals surface area contributed by atoms with Gasteiger partial charge in [0.15, 0.2) is 0 Å². The third-order valence-electron chi connectivity index (χ3n) is 5.79. The average Bonchev–Trinajstić information content (AvgIpc) is 3.15. The minimum atomic E-state index is 0.666. The fourth-order valence-corrected chi connectivity index (χ4v) is 4.22. The number of benzene rings is 1. The van der Waals surface area contributed by atoms with Gasteiger partial charge in [-0.15, -0.1) is 0 Å². The SMILES string of the molecule is c1cc(OCCCN2CCOCC2)ccc1CN1CCC2NNCC2C1. The first-order valence-corrected chi connectivity index (χ1v) is 10.1. The zero-order valence-electron chi connectivity index (χ0n) is 15.7. The fourth-order valence-electron chi connectivity index (χ4n) is 4.22. The molecule has 3 saturated heterocycles. The van der Waals surface area contributed by atoms with E-state index in [9.17, 15) is 0 Å². The quantitative estimate of drug-likeness (QED) is 0.710. The number of fused-ring (bicyclic) bond motifs is 1. The lowest BCUT2D eigenvalue weighted by Crippen LogP contribution is -2.44. The van der Waals surface area contributed by atoms with Gasteiger partial charge in [-0.25, -0.2) is 0 Å². The topological polar surface area (TPSA) is 49.0 Å². The van der Waals surface area contributed by atoms with Crippen molar-refractivity contribution in [3.05, 3.63) is 29.8 Å². The van der Waals surface area contributed by atoms with Crippen molar-refractivity contribution in [3.8, 4) is 5.75 Å². The molecule has 2 N–H and O–H groups in total. The summed E-state index contributed by atoms with van der Waals surface area (Å²) < 4.78 is 11.3. The summed E-state index contributed by atoms with van der Waals surface area (Å²) in [7, 11) is 0. The molecule has 3 aliphatic heterocycles. The molecule has 0 bridgehead atoms. The van der Waals surface area contributed by atoms with Crippen molar-refractivity contribution in [2.75, 3.05) is 59.1 Å². The Hall–Kier alpha value is -1.18. The lowest BCUT2D eigenvalue weighted by molar-refractivity contribution is 0.0358. The van der Waals surface area contributed by atoms with Crippen LogP contribution in [0.4, 0.5) is 0 Å². The zero-order valence-corrected chi connectivity index (χ0v) is 15.7. The minimum Gasteiger partial charge on any atom is -0.494 e. The van der Waals surface area contributed by atoms with Crippen LogP contribution < -0.4 is 15.6 Å². The Morgan fingerprint density at radius 1 is 1.08 bits per heavy atom. The number of likely N-dealkylation sites (tertiary alicyclic amines) is 1. The normalized spacial score (nSPS) is 27.4. The highest BCUT2D eigenvalue weighted by Crippen LogP contribution is 2.22. The van der Waals surface area contributed by atoms with Gasteiger partial charge in [-0.05, 0) is 30.5 Å². The minimum absolute atomic E-state index is 0.666. The molecule has 0 aliphatic carbocycles. The first-order chi connectivity index (χ1) is 12.9. The number of rotatable bonds is 7. The number of nitrogens with one attached hydrogen (secondary N) is 2. The van der Waals surface area contributed by atoms with Gasteiger partial charge in [-0.3, -0.25) is 20.7 Å². The molecule has 3 heterocycles. The summed E-state index contributed by atoms with van der Waals surface area (Å²) in [6.45, 7) is 10.2. The van der Waals surface area contributed by atoms with Crippen LogP contribution in [0, 0.1) is 5.92 Å². The van der Waals surface area contributed by atoms with Gasteiger partial charge in [0, 0.05) is 57.8 Å². The van der Waals surface area contributed by atoms with Crippen LogP contribution in [0.3, 0.4) is 0 Å². The third-order valence-corrected chi connectivity index (χ3v) is 5.79. The van der Waals surface area contributed by atoms with Crippen LogP contribution in [0.5, 0.6) is 5.75 Å². The Morgan fingerprint density at radius 3 is 2.77 bits per heavy atom. The highest BCUT2D eigenvalue weighted by molar-refractivity contribution is 5.27. The highest BCUT2D eigenvalue weighted by atomic mass is 16.5. The Balaban J connectivity index is 1.16. The maximum Gasteiger partial charge on any atom is 0.119 e. The maximum atomic E-state index is 5.91. The van der Waals surface area contributed by atoms with E-state index >= 15 is 0 Å². The van der Waals surface area contributed by atoms with Crippen molar-refractivity contribution < 1.29 is 9.47 Å². The summed E-state index contributed by atoms with van der Waals surface area (Å²) in [5.41, 5.74) is 8.07. The second-order valence-corrected chi connectivity index (χ2v) is 7.72. The van der Waals surface area contributed by atoms with E-state index in [1.165, 1.54) is 25.1 Å². The summed E-state index contributed by atoms with van der Waals surface area (Å²) in [5, 5.41) is 0. The van der Waals surface area contributed by atoms with E-state index in [0.29, 0.717) is 6.04 Å². The number of hydrazine groups is 1. The highest BCUT2D eigenvalue weighted by Gasteiger charge is 2.32. The molecule has 1 aromatic carbocycles. The van der Waals surface area contributed by atoms with Gasteiger partial charge in [0.2, 0.25) is 0 Å². The van der Waals surface area contributed by atoms with Crippen LogP contribution in [0.25, 0.3) is 0 Å². The Morgan fingerprint density at radius 2 is 1.92 bits per heavy atom. The van der Waals surface area contributed by atoms with Crippen LogP contribution in [0.2, 0.25) is 0 Å². The van der Waals surface area contributed by atoms with E-state index in [2.05, 4.69) is 44.9 Å². The van der Waals surface area contributed by atoms with Crippen molar-refractivity contribution in [2.45, 2.75) is 25.4 Å². The molecule has 2 unspecified atom stereocenters. The van der Waals surface area contributed by atoms with Gasteiger partial charge in [-0.1, -0.05) is 12.1 Å². The zero-order chi connectivity index (χ0) is 17.6. The Kier molecular flexibility index (Phi) is 6.40. The predicted octanol–water partition coefficient (Wildman–Crippen LogP) is 1.09. The molecule has 2 atom stereocenters. The van der Waals surface area contributed by atoms with Crippen LogP contribution in [0.15, 0.2) is 24.3 Å². The molecule has 4 rings (SSSR count). The van der Waals surface area contributed by atoms with E-state index in [1.807, 2.05) is 0 Å². The molecule has 26 heavy (non-hydrogen) atoms. The fraction of sp³-hybridized carbons (Fsp3) is 0.700. The summed E-state index contributed by atoms with van der Waals surface area (Å²) in [4.78, 5) is 5.03. The van der Waals surface area contributed by atoms with Crippen LogP contribution in [-0.4, -0.2) is 74.9 Å². The standard InChI is InChI=1S/C20H32N4O2/c1(7-23-9-12-25-13-10-23)11-26-19-4-2-17(3-5-19)15-24-8-6-20-18(16-24)14-21-22-20/h2-5,18,20-22H,1,6-16H2. The number of hydrogen-bond donors (Lipinski definition) is 2. The summed E-state index contributed by atoms with van der Waals surface area (Å²) in [5.74, 6) is 1.73. The van der Waals surface area contributed by atoms with Crippen LogP contribution in [0.1, 0.15) is 18.4 Å². The predicted molar refractivity (Wildman–Crippen MR) is 102 cm³/mol. The summed E-state index contributed by atoms with van der Waals surface area (Å²) in [6.07, 6.45) is 2.31. The Bertz CT molecular complexity index is 547. The van der Waals surface area contributed by atoms with E-state index in [-0.39, 0.29) is 0 Å². The lowest BCUT2D eigenvalue weighted by atomic mass is 9.94. The van der Waals surface area contributed by atoms with Gasteiger partial charge in [0.1, 0.15) is 5.75 Å². The van der Waals surface area contributed by atoms with Crippen molar-refractivity contribution in [1.82, 2.24) is 20.7 Å². The second kappa shape index (κ2) is 9.15. The molecule has 3 aliphatic rings. The first-order valence-electron chi connectivity index (χ1n) is 10.1. The summed E-state index contributed by atoms with van der Waals surface area (Å²) >= 11 is 0. The lowest BCUT2D eigenvalue weighted by Gasteiger charge is -2.34. The Labute approximate surface area is 156 Å². The van der Waals surface area contributed by atoms with Crippen LogP contribution >= 0.6 is 0 Å². The first kappa shape index (κ1) is 18.2.